The van der Waals surface area contributed by atoms with E-state index in [1.54, 1.807) is 0 Å². The molecule has 1 fully saturated rings. The Morgan fingerprint density at radius 1 is 1.58 bits per heavy atom. The minimum atomic E-state index is -0.176. The third-order valence-corrected chi connectivity index (χ3v) is 1.95. The average Bonchev–Trinajstić information content (AvgIpc) is 1.79. The fourth-order valence-electron chi connectivity index (χ4n) is 1.17. The van der Waals surface area contributed by atoms with Crippen molar-refractivity contribution in [1.82, 2.24) is 15.3 Å². The summed E-state index contributed by atoms with van der Waals surface area (Å²) in [5.41, 5.74) is 5.25. The molecule has 1 aliphatic rings. The second-order valence-corrected chi connectivity index (χ2v) is 2.91. The van der Waals surface area contributed by atoms with Gasteiger partial charge in [-0.05, 0) is 0 Å². The van der Waals surface area contributed by atoms with Gasteiger partial charge in [-0.25, -0.2) is 4.98 Å². The molecule has 0 unspecified atom stereocenters. The molecule has 0 aromatic carbocycles. The van der Waals surface area contributed by atoms with Crippen molar-refractivity contribution in [2.75, 3.05) is 18.8 Å². The summed E-state index contributed by atoms with van der Waals surface area (Å²) in [6.45, 7) is 1.73. The number of nitrogens with zero attached hydrogens (tertiary/aromatic N) is 1. The van der Waals surface area contributed by atoms with Crippen molar-refractivity contribution in [2.45, 2.75) is 5.92 Å². The maximum Gasteiger partial charge on any atom is 0.252 e. The average molecular weight is 166 g/mol. The molecule has 4 N–H and O–H groups in total. The van der Waals surface area contributed by atoms with Crippen molar-refractivity contribution in [3.05, 3.63) is 22.2 Å². The van der Waals surface area contributed by atoms with Gasteiger partial charge >= 0.3 is 0 Å². The summed E-state index contributed by atoms with van der Waals surface area (Å²) in [5, 5.41) is 3.10. The van der Waals surface area contributed by atoms with Crippen molar-refractivity contribution in [3.63, 3.8) is 0 Å². The van der Waals surface area contributed by atoms with Gasteiger partial charge in [0, 0.05) is 25.1 Å². The van der Waals surface area contributed by atoms with Crippen LogP contribution in [0, 0.1) is 0 Å². The van der Waals surface area contributed by atoms with Crippen LogP contribution >= 0.6 is 0 Å². The predicted octanol–water partition coefficient (Wildman–Crippen LogP) is -0.961. The number of aromatic nitrogens is 2. The summed E-state index contributed by atoms with van der Waals surface area (Å²) in [6.07, 6.45) is 0. The molecule has 0 spiro atoms. The third-order valence-electron chi connectivity index (χ3n) is 1.95. The van der Waals surface area contributed by atoms with Crippen molar-refractivity contribution < 1.29 is 0 Å². The molecule has 1 aromatic rings. The molecule has 1 saturated heterocycles. The summed E-state index contributed by atoms with van der Waals surface area (Å²) in [7, 11) is 0. The first kappa shape index (κ1) is 7.30. The Bertz CT molecular complexity index is 342. The number of H-pyrrole nitrogens is 1. The predicted molar refractivity (Wildman–Crippen MR) is 44.9 cm³/mol. The zero-order valence-electron chi connectivity index (χ0n) is 6.50. The number of aromatic amines is 1. The molecule has 2 rings (SSSR count). The molecule has 0 atom stereocenters. The standard InChI is InChI=1S/C7H10N4O/c8-5-1-6(12)11-7(10-5)4-2-9-3-4/h1,4,9H,2-3H2,(H3,8,10,11,12). The molecule has 2 heterocycles. The first-order valence-corrected chi connectivity index (χ1v) is 3.83. The van der Waals surface area contributed by atoms with Gasteiger partial charge in [0.1, 0.15) is 11.6 Å². The first-order valence-electron chi connectivity index (χ1n) is 3.83. The Kier molecular flexibility index (Phi) is 1.58. The van der Waals surface area contributed by atoms with E-state index in [9.17, 15) is 4.79 Å². The molecule has 1 aliphatic heterocycles. The molecule has 0 radical (unpaired) electrons. The lowest BCUT2D eigenvalue weighted by molar-refractivity contribution is 0.429. The van der Waals surface area contributed by atoms with E-state index in [1.807, 2.05) is 0 Å². The molecule has 5 nitrogen and oxygen atoms in total. The third kappa shape index (κ3) is 1.18. The minimum absolute atomic E-state index is 0.176. The van der Waals surface area contributed by atoms with Crippen LogP contribution in [0.1, 0.15) is 11.7 Å². The van der Waals surface area contributed by atoms with Gasteiger partial charge in [-0.3, -0.25) is 4.79 Å². The fourth-order valence-corrected chi connectivity index (χ4v) is 1.17. The lowest BCUT2D eigenvalue weighted by Crippen LogP contribution is -2.41. The topological polar surface area (TPSA) is 83.8 Å². The summed E-state index contributed by atoms with van der Waals surface area (Å²) >= 11 is 0. The first-order chi connectivity index (χ1) is 5.75. The molecule has 0 bridgehead atoms. The lowest BCUT2D eigenvalue weighted by Gasteiger charge is -2.25. The number of nitrogen functional groups attached to an aromatic ring is 1. The highest BCUT2D eigenvalue weighted by molar-refractivity contribution is 5.26. The van der Waals surface area contributed by atoms with Crippen LogP contribution in [0.5, 0.6) is 0 Å². The van der Waals surface area contributed by atoms with Gasteiger partial charge in [0.05, 0.1) is 0 Å². The van der Waals surface area contributed by atoms with Crippen molar-refractivity contribution >= 4 is 5.82 Å². The Morgan fingerprint density at radius 2 is 2.33 bits per heavy atom. The molecule has 1 aromatic heterocycles. The summed E-state index contributed by atoms with van der Waals surface area (Å²) < 4.78 is 0. The largest absolute Gasteiger partial charge is 0.383 e. The number of hydrogen-bond acceptors (Lipinski definition) is 4. The van der Waals surface area contributed by atoms with Gasteiger partial charge in [-0.15, -0.1) is 0 Å². The second-order valence-electron chi connectivity index (χ2n) is 2.91. The monoisotopic (exact) mass is 166 g/mol. The van der Waals surface area contributed by atoms with Gasteiger partial charge in [0.15, 0.2) is 0 Å². The fraction of sp³-hybridized carbons (Fsp3) is 0.429. The number of rotatable bonds is 1. The van der Waals surface area contributed by atoms with Crippen molar-refractivity contribution in [1.29, 1.82) is 0 Å². The van der Waals surface area contributed by atoms with Crippen LogP contribution in [0.4, 0.5) is 5.82 Å². The number of hydrogen-bond donors (Lipinski definition) is 3. The number of anilines is 1. The maximum absolute atomic E-state index is 11.0. The van der Waals surface area contributed by atoms with Crippen LogP contribution < -0.4 is 16.6 Å². The van der Waals surface area contributed by atoms with Gasteiger partial charge in [0.2, 0.25) is 0 Å². The zero-order valence-corrected chi connectivity index (χ0v) is 6.50. The lowest BCUT2D eigenvalue weighted by atomic mass is 10.0. The summed E-state index contributed by atoms with van der Waals surface area (Å²) in [5.74, 6) is 1.31. The molecule has 0 saturated carbocycles. The molecular formula is C7H10N4O. The van der Waals surface area contributed by atoms with Crippen molar-refractivity contribution in [2.24, 2.45) is 0 Å². The van der Waals surface area contributed by atoms with E-state index in [4.69, 9.17) is 5.73 Å². The maximum atomic E-state index is 11.0. The van der Waals surface area contributed by atoms with E-state index in [-0.39, 0.29) is 5.56 Å². The van der Waals surface area contributed by atoms with Crippen LogP contribution in [-0.2, 0) is 0 Å². The summed E-state index contributed by atoms with van der Waals surface area (Å²) in [6, 6.07) is 1.29. The van der Waals surface area contributed by atoms with E-state index in [0.717, 1.165) is 13.1 Å². The van der Waals surface area contributed by atoms with Crippen LogP contribution in [-0.4, -0.2) is 23.1 Å². The molecule has 0 amide bonds. The van der Waals surface area contributed by atoms with Crippen LogP contribution in [0.2, 0.25) is 0 Å². The van der Waals surface area contributed by atoms with Gasteiger partial charge in [-0.2, -0.15) is 0 Å². The Labute approximate surface area is 69.0 Å². The summed E-state index contributed by atoms with van der Waals surface area (Å²) in [4.78, 5) is 17.7. The Morgan fingerprint density at radius 3 is 2.83 bits per heavy atom. The quantitative estimate of drug-likeness (QED) is 0.501. The molecule has 0 aliphatic carbocycles. The molecule has 64 valence electrons. The Hall–Kier alpha value is -1.36. The second kappa shape index (κ2) is 2.60. The van der Waals surface area contributed by atoms with Gasteiger partial charge in [0.25, 0.3) is 5.56 Å². The number of nitrogens with two attached hydrogens (primary N) is 1. The highest BCUT2D eigenvalue weighted by Gasteiger charge is 2.21. The molecule has 5 heteroatoms. The van der Waals surface area contributed by atoms with E-state index in [0.29, 0.717) is 17.6 Å². The zero-order chi connectivity index (χ0) is 8.55. The highest BCUT2D eigenvalue weighted by Crippen LogP contribution is 2.14. The van der Waals surface area contributed by atoms with Gasteiger partial charge in [-0.1, -0.05) is 0 Å². The molecular weight excluding hydrogens is 156 g/mol. The Balaban J connectivity index is 2.36. The smallest absolute Gasteiger partial charge is 0.252 e. The van der Waals surface area contributed by atoms with E-state index >= 15 is 0 Å². The van der Waals surface area contributed by atoms with E-state index in [2.05, 4.69) is 15.3 Å². The SMILES string of the molecule is Nc1cc(=O)[nH]c(C2CNC2)n1. The van der Waals surface area contributed by atoms with Crippen LogP contribution in [0.3, 0.4) is 0 Å². The van der Waals surface area contributed by atoms with Crippen LogP contribution in [0.25, 0.3) is 0 Å². The molecule has 12 heavy (non-hydrogen) atoms. The van der Waals surface area contributed by atoms with Crippen LogP contribution in [0.15, 0.2) is 10.9 Å². The van der Waals surface area contributed by atoms with Gasteiger partial charge < -0.3 is 16.0 Å². The van der Waals surface area contributed by atoms with E-state index in [1.165, 1.54) is 6.07 Å². The van der Waals surface area contributed by atoms with Crippen molar-refractivity contribution in [3.8, 4) is 0 Å². The minimum Gasteiger partial charge on any atom is -0.383 e. The van der Waals surface area contributed by atoms with E-state index < -0.39 is 0 Å². The normalized spacial score (nSPS) is 17.3. The highest BCUT2D eigenvalue weighted by atomic mass is 16.1. The number of nitrogens with one attached hydrogen (secondary N) is 2.